The van der Waals surface area contributed by atoms with Gasteiger partial charge in [-0.15, -0.1) is 0 Å². The fourth-order valence-electron chi connectivity index (χ4n) is 2.04. The quantitative estimate of drug-likeness (QED) is 0.761. The van der Waals surface area contributed by atoms with Crippen molar-refractivity contribution in [3.05, 3.63) is 17.5 Å². The van der Waals surface area contributed by atoms with Crippen molar-refractivity contribution >= 4 is 5.97 Å². The van der Waals surface area contributed by atoms with E-state index in [1.165, 1.54) is 7.11 Å². The van der Waals surface area contributed by atoms with Crippen LogP contribution in [0, 0.1) is 6.92 Å². The molecule has 0 radical (unpaired) electrons. The molecule has 2 N–H and O–H groups in total. The van der Waals surface area contributed by atoms with Crippen molar-refractivity contribution in [1.29, 1.82) is 0 Å². The monoisotopic (exact) mass is 225 g/mol. The van der Waals surface area contributed by atoms with Gasteiger partial charge >= 0.3 is 5.97 Å². The summed E-state index contributed by atoms with van der Waals surface area (Å²) in [6.07, 6.45) is 1.76. The van der Waals surface area contributed by atoms with Crippen LogP contribution >= 0.6 is 0 Å². The van der Waals surface area contributed by atoms with E-state index in [4.69, 9.17) is 5.73 Å². The Morgan fingerprint density at radius 2 is 2.19 bits per heavy atom. The van der Waals surface area contributed by atoms with Crippen LogP contribution < -0.4 is 5.73 Å². The lowest BCUT2D eigenvalue weighted by Gasteiger charge is -2.30. The van der Waals surface area contributed by atoms with Gasteiger partial charge in [0, 0.05) is 18.2 Å². The van der Waals surface area contributed by atoms with Crippen LogP contribution in [0.2, 0.25) is 0 Å². The average Bonchev–Trinajstić information content (AvgIpc) is 2.56. The standard InChI is InChI=1S/C11H19N3O2/c1-7-6-13-14(4)9(7)11(2,3)8(12)10(15)16-5/h6,8H,12H2,1-5H3. The number of aryl methyl sites for hydroxylation is 2. The minimum absolute atomic E-state index is 0.411. The lowest BCUT2D eigenvalue weighted by atomic mass is 9.80. The van der Waals surface area contributed by atoms with Gasteiger partial charge in [0.1, 0.15) is 6.04 Å². The molecule has 1 aromatic heterocycles. The molecule has 0 aromatic carbocycles. The van der Waals surface area contributed by atoms with Crippen molar-refractivity contribution in [2.45, 2.75) is 32.2 Å². The van der Waals surface area contributed by atoms with Gasteiger partial charge in [-0.2, -0.15) is 5.10 Å². The van der Waals surface area contributed by atoms with E-state index in [2.05, 4.69) is 9.84 Å². The molecular formula is C11H19N3O2. The summed E-state index contributed by atoms with van der Waals surface area (Å²) in [5, 5.41) is 4.16. The molecule has 0 saturated heterocycles. The van der Waals surface area contributed by atoms with E-state index in [-0.39, 0.29) is 0 Å². The fourth-order valence-corrected chi connectivity index (χ4v) is 2.04. The highest BCUT2D eigenvalue weighted by Crippen LogP contribution is 2.28. The third-order valence-corrected chi connectivity index (χ3v) is 2.96. The maximum absolute atomic E-state index is 11.5. The number of aromatic nitrogens is 2. The van der Waals surface area contributed by atoms with Gasteiger partial charge in [-0.1, -0.05) is 13.8 Å². The van der Waals surface area contributed by atoms with Gasteiger partial charge in [0.15, 0.2) is 0 Å². The van der Waals surface area contributed by atoms with Crippen molar-refractivity contribution in [2.24, 2.45) is 12.8 Å². The summed E-state index contributed by atoms with van der Waals surface area (Å²) in [7, 11) is 3.18. The molecular weight excluding hydrogens is 206 g/mol. The van der Waals surface area contributed by atoms with Gasteiger partial charge < -0.3 is 10.5 Å². The number of rotatable bonds is 3. The number of nitrogens with zero attached hydrogens (tertiary/aromatic N) is 2. The van der Waals surface area contributed by atoms with Crippen LogP contribution in [0.4, 0.5) is 0 Å². The summed E-state index contributed by atoms with van der Waals surface area (Å²) in [6, 6.07) is -0.702. The molecule has 1 heterocycles. The van der Waals surface area contributed by atoms with E-state index in [1.807, 2.05) is 27.8 Å². The molecule has 0 aliphatic rings. The Morgan fingerprint density at radius 1 is 1.62 bits per heavy atom. The third kappa shape index (κ3) is 1.95. The Hall–Kier alpha value is -1.36. The first-order valence-corrected chi connectivity index (χ1v) is 5.14. The zero-order valence-electron chi connectivity index (χ0n) is 10.4. The number of esters is 1. The average molecular weight is 225 g/mol. The molecule has 0 aliphatic carbocycles. The summed E-state index contributed by atoms with van der Waals surface area (Å²) in [5.41, 5.74) is 7.38. The number of carbonyl (C=O) groups is 1. The van der Waals surface area contributed by atoms with Crippen LogP contribution in [0.5, 0.6) is 0 Å². The molecule has 5 nitrogen and oxygen atoms in total. The second-order valence-electron chi connectivity index (χ2n) is 4.52. The maximum Gasteiger partial charge on any atom is 0.323 e. The normalized spacial score (nSPS) is 13.6. The molecule has 1 rings (SSSR count). The Morgan fingerprint density at radius 3 is 2.56 bits per heavy atom. The SMILES string of the molecule is COC(=O)C(N)C(C)(C)c1c(C)cnn1C. The Bertz CT molecular complexity index is 376. The van der Waals surface area contributed by atoms with Crippen LogP contribution in [0.25, 0.3) is 0 Å². The summed E-state index contributed by atoms with van der Waals surface area (Å²) in [5.74, 6) is -0.411. The van der Waals surface area contributed by atoms with E-state index < -0.39 is 17.4 Å². The topological polar surface area (TPSA) is 70.1 Å². The first kappa shape index (κ1) is 12.7. The zero-order chi connectivity index (χ0) is 12.5. The predicted molar refractivity (Wildman–Crippen MR) is 61.0 cm³/mol. The molecule has 1 atom stereocenters. The van der Waals surface area contributed by atoms with Gasteiger partial charge in [0.2, 0.25) is 0 Å². The molecule has 16 heavy (non-hydrogen) atoms. The van der Waals surface area contributed by atoms with Gasteiger partial charge in [-0.05, 0) is 12.5 Å². The molecule has 1 aromatic rings. The Balaban J connectivity index is 3.15. The number of nitrogens with two attached hydrogens (primary N) is 1. The smallest absolute Gasteiger partial charge is 0.323 e. The van der Waals surface area contributed by atoms with Crippen LogP contribution in [-0.4, -0.2) is 28.9 Å². The van der Waals surface area contributed by atoms with Gasteiger partial charge in [-0.3, -0.25) is 9.48 Å². The minimum Gasteiger partial charge on any atom is -0.468 e. The second kappa shape index (κ2) is 4.25. The summed E-state index contributed by atoms with van der Waals surface area (Å²) < 4.78 is 6.43. The van der Waals surface area contributed by atoms with Gasteiger partial charge in [0.25, 0.3) is 0 Å². The Kier molecular flexibility index (Phi) is 3.38. The largest absolute Gasteiger partial charge is 0.468 e. The van der Waals surface area contributed by atoms with Gasteiger partial charge in [-0.25, -0.2) is 0 Å². The summed E-state index contributed by atoms with van der Waals surface area (Å²) >= 11 is 0. The highest BCUT2D eigenvalue weighted by molar-refractivity contribution is 5.77. The Labute approximate surface area is 95.6 Å². The summed E-state index contributed by atoms with van der Waals surface area (Å²) in [6.45, 7) is 5.78. The van der Waals surface area contributed by atoms with Crippen molar-refractivity contribution < 1.29 is 9.53 Å². The lowest BCUT2D eigenvalue weighted by molar-refractivity contribution is -0.143. The van der Waals surface area contributed by atoms with Crippen molar-refractivity contribution in [3.63, 3.8) is 0 Å². The number of ether oxygens (including phenoxy) is 1. The minimum atomic E-state index is -0.702. The molecule has 0 aliphatic heterocycles. The van der Waals surface area contributed by atoms with E-state index in [0.29, 0.717) is 0 Å². The van der Waals surface area contributed by atoms with Crippen LogP contribution in [0.15, 0.2) is 6.20 Å². The van der Waals surface area contributed by atoms with E-state index in [1.54, 1.807) is 10.9 Å². The van der Waals surface area contributed by atoms with Crippen molar-refractivity contribution in [1.82, 2.24) is 9.78 Å². The molecule has 0 spiro atoms. The van der Waals surface area contributed by atoms with Crippen LogP contribution in [0.1, 0.15) is 25.1 Å². The van der Waals surface area contributed by atoms with E-state index >= 15 is 0 Å². The fraction of sp³-hybridized carbons (Fsp3) is 0.636. The summed E-state index contributed by atoms with van der Waals surface area (Å²) in [4.78, 5) is 11.5. The molecule has 5 heteroatoms. The maximum atomic E-state index is 11.5. The number of methoxy groups -OCH3 is 1. The molecule has 0 fully saturated rings. The van der Waals surface area contributed by atoms with Gasteiger partial charge in [0.05, 0.1) is 13.3 Å². The first-order chi connectivity index (χ1) is 7.32. The predicted octanol–water partition coefficient (Wildman–Crippen LogP) is 0.506. The lowest BCUT2D eigenvalue weighted by Crippen LogP contribution is -2.48. The molecule has 0 saturated carbocycles. The first-order valence-electron chi connectivity index (χ1n) is 5.14. The number of hydrogen-bond acceptors (Lipinski definition) is 4. The van der Waals surface area contributed by atoms with E-state index in [9.17, 15) is 4.79 Å². The number of carbonyl (C=O) groups excluding carboxylic acids is 1. The van der Waals surface area contributed by atoms with Crippen molar-refractivity contribution in [3.8, 4) is 0 Å². The van der Waals surface area contributed by atoms with E-state index in [0.717, 1.165) is 11.3 Å². The van der Waals surface area contributed by atoms with Crippen LogP contribution in [0.3, 0.4) is 0 Å². The molecule has 0 bridgehead atoms. The highest BCUT2D eigenvalue weighted by Gasteiger charge is 2.37. The zero-order valence-corrected chi connectivity index (χ0v) is 10.4. The molecule has 0 amide bonds. The van der Waals surface area contributed by atoms with Crippen LogP contribution in [-0.2, 0) is 22.0 Å². The highest BCUT2D eigenvalue weighted by atomic mass is 16.5. The molecule has 90 valence electrons. The third-order valence-electron chi connectivity index (χ3n) is 2.96. The number of hydrogen-bond donors (Lipinski definition) is 1. The molecule has 1 unspecified atom stereocenters. The van der Waals surface area contributed by atoms with Crippen molar-refractivity contribution in [2.75, 3.05) is 7.11 Å². The second-order valence-corrected chi connectivity index (χ2v) is 4.52.